The smallest absolute Gasteiger partial charge is 0.131 e. The summed E-state index contributed by atoms with van der Waals surface area (Å²) in [4.78, 5) is 4.60. The maximum Gasteiger partial charge on any atom is 0.131 e. The first kappa shape index (κ1) is 13.6. The number of rotatable bonds is 4. The number of methoxy groups -OCH3 is 1. The van der Waals surface area contributed by atoms with E-state index in [1.807, 2.05) is 25.1 Å². The van der Waals surface area contributed by atoms with Crippen molar-refractivity contribution in [3.8, 4) is 11.3 Å². The minimum Gasteiger partial charge on any atom is -0.383 e. The summed E-state index contributed by atoms with van der Waals surface area (Å²) < 4.78 is 7.21. The molecule has 2 N–H and O–H groups in total. The predicted molar refractivity (Wildman–Crippen MR) is 77.9 cm³/mol. The molecule has 102 valence electrons. The molecule has 4 heteroatoms. The molecule has 0 unspecified atom stereocenters. The number of anilines is 1. The molecule has 0 atom stereocenters. The molecule has 1 aromatic carbocycles. The number of imidazole rings is 1. The van der Waals surface area contributed by atoms with Gasteiger partial charge in [0.25, 0.3) is 0 Å². The van der Waals surface area contributed by atoms with Gasteiger partial charge >= 0.3 is 0 Å². The molecule has 2 aromatic rings. The van der Waals surface area contributed by atoms with Crippen LogP contribution in [0.15, 0.2) is 24.3 Å². The van der Waals surface area contributed by atoms with Crippen LogP contribution in [0, 0.1) is 6.92 Å². The van der Waals surface area contributed by atoms with Gasteiger partial charge in [0.05, 0.1) is 6.61 Å². The van der Waals surface area contributed by atoms with Crippen LogP contribution in [0.2, 0.25) is 0 Å². The normalized spacial score (nSPS) is 11.2. The van der Waals surface area contributed by atoms with Crippen LogP contribution in [-0.4, -0.2) is 16.7 Å². The van der Waals surface area contributed by atoms with Gasteiger partial charge in [-0.3, -0.25) is 0 Å². The summed E-state index contributed by atoms with van der Waals surface area (Å²) in [6.07, 6.45) is 0. The van der Waals surface area contributed by atoms with Crippen LogP contribution in [0.1, 0.15) is 31.3 Å². The summed E-state index contributed by atoms with van der Waals surface area (Å²) in [5.41, 5.74) is 9.24. The highest BCUT2D eigenvalue weighted by molar-refractivity contribution is 5.71. The second-order valence-corrected chi connectivity index (χ2v) is 4.99. The summed E-state index contributed by atoms with van der Waals surface area (Å²) in [5, 5.41) is 0. The molecule has 0 saturated heterocycles. The molecule has 19 heavy (non-hydrogen) atoms. The van der Waals surface area contributed by atoms with Gasteiger partial charge in [-0.1, -0.05) is 18.2 Å². The van der Waals surface area contributed by atoms with Gasteiger partial charge in [0.15, 0.2) is 0 Å². The summed E-state index contributed by atoms with van der Waals surface area (Å²) in [7, 11) is 1.69. The van der Waals surface area contributed by atoms with Crippen molar-refractivity contribution in [1.82, 2.24) is 9.55 Å². The fourth-order valence-electron chi connectivity index (χ4n) is 2.40. The molecule has 1 aromatic heterocycles. The van der Waals surface area contributed by atoms with Gasteiger partial charge in [-0.25, -0.2) is 4.98 Å². The largest absolute Gasteiger partial charge is 0.383 e. The Morgan fingerprint density at radius 1 is 1.37 bits per heavy atom. The van der Waals surface area contributed by atoms with Gasteiger partial charge in [-0.15, -0.1) is 0 Å². The monoisotopic (exact) mass is 259 g/mol. The lowest BCUT2D eigenvalue weighted by atomic mass is 10.1. The summed E-state index contributed by atoms with van der Waals surface area (Å²) >= 11 is 0. The van der Waals surface area contributed by atoms with Crippen LogP contribution in [0.4, 0.5) is 5.82 Å². The second kappa shape index (κ2) is 5.45. The van der Waals surface area contributed by atoms with Crippen LogP contribution in [-0.2, 0) is 11.3 Å². The van der Waals surface area contributed by atoms with Crippen LogP contribution >= 0.6 is 0 Å². The quantitative estimate of drug-likeness (QED) is 0.917. The van der Waals surface area contributed by atoms with Crippen molar-refractivity contribution in [3.63, 3.8) is 0 Å². The average molecular weight is 259 g/mol. The van der Waals surface area contributed by atoms with E-state index >= 15 is 0 Å². The first-order valence-corrected chi connectivity index (χ1v) is 6.47. The average Bonchev–Trinajstić information content (AvgIpc) is 2.65. The first-order valence-electron chi connectivity index (χ1n) is 6.47. The first-order chi connectivity index (χ1) is 9.04. The highest BCUT2D eigenvalue weighted by Crippen LogP contribution is 2.29. The van der Waals surface area contributed by atoms with Crippen LogP contribution in [0.5, 0.6) is 0 Å². The van der Waals surface area contributed by atoms with Crippen molar-refractivity contribution < 1.29 is 4.74 Å². The fraction of sp³-hybridized carbons (Fsp3) is 0.400. The van der Waals surface area contributed by atoms with Crippen molar-refractivity contribution in [2.75, 3.05) is 12.8 Å². The Balaban J connectivity index is 2.47. The van der Waals surface area contributed by atoms with E-state index in [1.54, 1.807) is 7.11 Å². The van der Waals surface area contributed by atoms with Crippen molar-refractivity contribution in [1.29, 1.82) is 0 Å². The number of hydrogen-bond donors (Lipinski definition) is 1. The number of ether oxygens (including phenoxy) is 1. The Kier molecular flexibility index (Phi) is 3.90. The maximum absolute atomic E-state index is 6.23. The van der Waals surface area contributed by atoms with Crippen LogP contribution < -0.4 is 5.73 Å². The number of nitrogens with zero attached hydrogens (tertiary/aromatic N) is 2. The topological polar surface area (TPSA) is 53.1 Å². The summed E-state index contributed by atoms with van der Waals surface area (Å²) in [5.74, 6) is 1.67. The summed E-state index contributed by atoms with van der Waals surface area (Å²) in [6, 6.07) is 8.46. The van der Waals surface area contributed by atoms with Crippen LogP contribution in [0.25, 0.3) is 11.3 Å². The third kappa shape index (κ3) is 2.63. The maximum atomic E-state index is 6.23. The highest BCUT2D eigenvalue weighted by atomic mass is 16.5. The minimum atomic E-state index is 0.309. The zero-order valence-corrected chi connectivity index (χ0v) is 12.0. The SMILES string of the molecule is COCc1cccc(-c2nc(C)n(C(C)C)c2N)c1. The van der Waals surface area contributed by atoms with Gasteiger partial charge in [-0.05, 0) is 32.4 Å². The van der Waals surface area contributed by atoms with E-state index in [0.717, 1.165) is 28.5 Å². The highest BCUT2D eigenvalue weighted by Gasteiger charge is 2.15. The van der Waals surface area contributed by atoms with Crippen molar-refractivity contribution in [3.05, 3.63) is 35.7 Å². The molecule has 0 fully saturated rings. The second-order valence-electron chi connectivity index (χ2n) is 4.99. The number of hydrogen-bond acceptors (Lipinski definition) is 3. The van der Waals surface area contributed by atoms with E-state index in [-0.39, 0.29) is 0 Å². The standard InChI is InChI=1S/C15H21N3O/c1-10(2)18-11(3)17-14(15(18)16)13-7-5-6-12(8-13)9-19-4/h5-8,10H,9,16H2,1-4H3. The van der Waals surface area contributed by atoms with Crippen molar-refractivity contribution >= 4 is 5.82 Å². The number of nitrogens with two attached hydrogens (primary N) is 1. The van der Waals surface area contributed by atoms with Gasteiger partial charge < -0.3 is 15.0 Å². The van der Waals surface area contributed by atoms with E-state index in [9.17, 15) is 0 Å². The van der Waals surface area contributed by atoms with Gasteiger partial charge in [-0.2, -0.15) is 0 Å². The van der Waals surface area contributed by atoms with E-state index in [1.165, 1.54) is 0 Å². The zero-order chi connectivity index (χ0) is 14.0. The molecule has 0 aliphatic carbocycles. The lowest BCUT2D eigenvalue weighted by Crippen LogP contribution is -2.07. The molecule has 0 radical (unpaired) electrons. The molecule has 0 aliphatic heterocycles. The number of aryl methyl sites for hydroxylation is 1. The van der Waals surface area contributed by atoms with E-state index in [4.69, 9.17) is 10.5 Å². The Hall–Kier alpha value is -1.81. The van der Waals surface area contributed by atoms with Gasteiger partial charge in [0.2, 0.25) is 0 Å². The Morgan fingerprint density at radius 3 is 2.68 bits per heavy atom. The molecule has 0 aliphatic rings. The molecular formula is C15H21N3O. The Morgan fingerprint density at radius 2 is 2.11 bits per heavy atom. The van der Waals surface area contributed by atoms with E-state index < -0.39 is 0 Å². The Labute approximate surface area is 114 Å². The molecule has 2 rings (SSSR count). The zero-order valence-electron chi connectivity index (χ0n) is 12.0. The van der Waals surface area contributed by atoms with E-state index in [2.05, 4.69) is 29.5 Å². The molecule has 4 nitrogen and oxygen atoms in total. The lowest BCUT2D eigenvalue weighted by Gasteiger charge is -2.11. The molecular weight excluding hydrogens is 238 g/mol. The number of nitrogen functional groups attached to an aromatic ring is 1. The number of benzene rings is 1. The number of aromatic nitrogens is 2. The molecule has 0 spiro atoms. The van der Waals surface area contributed by atoms with Gasteiger partial charge in [0.1, 0.15) is 17.3 Å². The van der Waals surface area contributed by atoms with Crippen LogP contribution in [0.3, 0.4) is 0 Å². The summed E-state index contributed by atoms with van der Waals surface area (Å²) in [6.45, 7) is 6.79. The van der Waals surface area contributed by atoms with E-state index in [0.29, 0.717) is 12.6 Å². The molecule has 0 amide bonds. The molecule has 0 bridgehead atoms. The Bertz CT molecular complexity index is 573. The lowest BCUT2D eigenvalue weighted by molar-refractivity contribution is 0.185. The third-order valence-electron chi connectivity index (χ3n) is 3.15. The van der Waals surface area contributed by atoms with Crippen molar-refractivity contribution in [2.24, 2.45) is 0 Å². The molecule has 1 heterocycles. The predicted octanol–water partition coefficient (Wildman–Crippen LogP) is 3.17. The fourth-order valence-corrected chi connectivity index (χ4v) is 2.40. The van der Waals surface area contributed by atoms with Crippen molar-refractivity contribution in [2.45, 2.75) is 33.4 Å². The minimum absolute atomic E-state index is 0.309. The molecule has 0 saturated carbocycles. The third-order valence-corrected chi connectivity index (χ3v) is 3.15. The van der Waals surface area contributed by atoms with Gasteiger partial charge in [0, 0.05) is 18.7 Å².